The molecule has 1 aromatic rings. The van der Waals surface area contributed by atoms with Crippen molar-refractivity contribution < 1.29 is 5.11 Å². The van der Waals surface area contributed by atoms with Crippen LogP contribution in [0.2, 0.25) is 10.0 Å². The Bertz CT molecular complexity index is 397. The number of hydrogen-bond donors (Lipinski definition) is 1. The number of aliphatic hydroxyl groups is 1. The molecule has 1 aliphatic heterocycles. The number of halogens is 2. The summed E-state index contributed by atoms with van der Waals surface area (Å²) in [6, 6.07) is 5.46. The van der Waals surface area contributed by atoms with Crippen LogP contribution in [0.5, 0.6) is 0 Å². The number of rotatable bonds is 1. The van der Waals surface area contributed by atoms with Crippen LogP contribution in [0.25, 0.3) is 0 Å². The van der Waals surface area contributed by atoms with Crippen LogP contribution in [0.15, 0.2) is 18.2 Å². The van der Waals surface area contributed by atoms with Crippen molar-refractivity contribution in [1.29, 1.82) is 0 Å². The Morgan fingerprint density at radius 1 is 1.44 bits per heavy atom. The van der Waals surface area contributed by atoms with E-state index in [-0.39, 0.29) is 5.25 Å². The van der Waals surface area contributed by atoms with E-state index in [1.165, 1.54) is 0 Å². The van der Waals surface area contributed by atoms with Gasteiger partial charge in [0.25, 0.3) is 0 Å². The molecule has 1 heterocycles. The molecule has 1 aromatic carbocycles. The summed E-state index contributed by atoms with van der Waals surface area (Å²) in [5.74, 6) is 1.10. The van der Waals surface area contributed by atoms with Gasteiger partial charge >= 0.3 is 0 Å². The summed E-state index contributed by atoms with van der Waals surface area (Å²) < 4.78 is 0. The molecule has 1 N–H and O–H groups in total. The van der Waals surface area contributed by atoms with Crippen LogP contribution in [0.3, 0.4) is 0 Å². The Morgan fingerprint density at radius 3 is 2.88 bits per heavy atom. The van der Waals surface area contributed by atoms with Crippen molar-refractivity contribution in [3.63, 3.8) is 0 Å². The molecule has 0 bridgehead atoms. The maximum atomic E-state index is 10.8. The Morgan fingerprint density at radius 2 is 2.19 bits per heavy atom. The van der Waals surface area contributed by atoms with E-state index in [4.69, 9.17) is 23.2 Å². The van der Waals surface area contributed by atoms with Crippen LogP contribution in [0, 0.1) is 0 Å². The molecule has 4 heteroatoms. The lowest BCUT2D eigenvalue weighted by atomic mass is 9.86. The molecule has 1 nitrogen and oxygen atoms in total. The highest BCUT2D eigenvalue weighted by molar-refractivity contribution is 8.00. The molecule has 2 unspecified atom stereocenters. The van der Waals surface area contributed by atoms with Crippen LogP contribution in [-0.2, 0) is 5.60 Å². The molecule has 0 spiro atoms. The summed E-state index contributed by atoms with van der Waals surface area (Å²) in [4.78, 5) is 0. The summed E-state index contributed by atoms with van der Waals surface area (Å²) in [5.41, 5.74) is -0.0772. The first-order chi connectivity index (χ1) is 7.55. The summed E-state index contributed by atoms with van der Waals surface area (Å²) >= 11 is 14.0. The molecular formula is C12H14Cl2OS. The van der Waals surface area contributed by atoms with E-state index in [1.54, 1.807) is 17.8 Å². The fourth-order valence-corrected chi connectivity index (χ4v) is 3.78. The van der Waals surface area contributed by atoms with Gasteiger partial charge in [-0.1, -0.05) is 42.3 Å². The molecule has 1 fully saturated rings. The van der Waals surface area contributed by atoms with E-state index in [0.717, 1.165) is 24.2 Å². The van der Waals surface area contributed by atoms with Gasteiger partial charge in [-0.25, -0.2) is 0 Å². The van der Waals surface area contributed by atoms with E-state index in [1.807, 2.05) is 19.1 Å². The highest BCUT2D eigenvalue weighted by atomic mass is 35.5. The Hall–Kier alpha value is 0.110. The molecule has 2 atom stereocenters. The van der Waals surface area contributed by atoms with Crippen LogP contribution in [0.4, 0.5) is 0 Å². The number of hydrogen-bond acceptors (Lipinski definition) is 2. The van der Waals surface area contributed by atoms with Gasteiger partial charge in [-0.05, 0) is 24.7 Å². The third-order valence-electron chi connectivity index (χ3n) is 3.16. The van der Waals surface area contributed by atoms with E-state index < -0.39 is 5.60 Å². The lowest BCUT2D eigenvalue weighted by Gasteiger charge is -2.38. The highest BCUT2D eigenvalue weighted by Crippen LogP contribution is 2.45. The van der Waals surface area contributed by atoms with Gasteiger partial charge in [0.15, 0.2) is 0 Å². The van der Waals surface area contributed by atoms with Crippen molar-refractivity contribution >= 4 is 35.0 Å². The SMILES string of the molecule is CC1SCCCC1(O)c1cccc(Cl)c1Cl. The summed E-state index contributed by atoms with van der Waals surface area (Å²) in [7, 11) is 0. The second kappa shape index (κ2) is 4.77. The Kier molecular flexibility index (Phi) is 3.75. The zero-order valence-corrected chi connectivity index (χ0v) is 11.4. The highest BCUT2D eigenvalue weighted by Gasteiger charge is 2.39. The minimum atomic E-state index is -0.842. The van der Waals surface area contributed by atoms with Crippen LogP contribution in [0.1, 0.15) is 25.3 Å². The first-order valence-corrected chi connectivity index (χ1v) is 7.14. The molecule has 88 valence electrons. The molecule has 0 amide bonds. The first-order valence-electron chi connectivity index (χ1n) is 5.34. The van der Waals surface area contributed by atoms with Gasteiger partial charge in [0.1, 0.15) is 5.60 Å². The van der Waals surface area contributed by atoms with Crippen LogP contribution >= 0.6 is 35.0 Å². The molecule has 1 aliphatic rings. The molecule has 0 radical (unpaired) electrons. The van der Waals surface area contributed by atoms with Crippen LogP contribution in [-0.4, -0.2) is 16.1 Å². The average molecular weight is 277 g/mol. The predicted molar refractivity (Wildman–Crippen MR) is 71.5 cm³/mol. The van der Waals surface area contributed by atoms with Gasteiger partial charge in [0.05, 0.1) is 10.0 Å². The van der Waals surface area contributed by atoms with Gasteiger partial charge < -0.3 is 5.11 Å². The molecule has 2 rings (SSSR count). The van der Waals surface area contributed by atoms with Gasteiger partial charge in [-0.2, -0.15) is 11.8 Å². The quantitative estimate of drug-likeness (QED) is 0.834. The third kappa shape index (κ3) is 2.08. The number of thioether (sulfide) groups is 1. The molecular weight excluding hydrogens is 263 g/mol. The monoisotopic (exact) mass is 276 g/mol. The Balaban J connectivity index is 2.45. The topological polar surface area (TPSA) is 20.2 Å². The summed E-state index contributed by atoms with van der Waals surface area (Å²) in [6.45, 7) is 2.04. The summed E-state index contributed by atoms with van der Waals surface area (Å²) in [5, 5.41) is 11.9. The fourth-order valence-electron chi connectivity index (χ4n) is 2.13. The standard InChI is InChI=1S/C12H14Cl2OS/c1-8-12(15,6-3-7-16-8)9-4-2-5-10(13)11(9)14/h2,4-5,8,15H,3,6-7H2,1H3. The van der Waals surface area contributed by atoms with E-state index in [0.29, 0.717) is 10.0 Å². The summed E-state index contributed by atoms with van der Waals surface area (Å²) in [6.07, 6.45) is 1.76. The maximum absolute atomic E-state index is 10.8. The second-order valence-corrected chi connectivity index (χ2v) is 6.38. The van der Waals surface area contributed by atoms with E-state index in [2.05, 4.69) is 0 Å². The zero-order chi connectivity index (χ0) is 11.8. The second-order valence-electron chi connectivity index (χ2n) is 4.14. The first kappa shape index (κ1) is 12.6. The largest absolute Gasteiger partial charge is 0.384 e. The molecule has 1 saturated heterocycles. The van der Waals surface area contributed by atoms with Gasteiger partial charge in [0.2, 0.25) is 0 Å². The third-order valence-corrected chi connectivity index (χ3v) is 5.39. The normalized spacial score (nSPS) is 30.4. The van der Waals surface area contributed by atoms with Gasteiger partial charge in [0, 0.05) is 10.8 Å². The molecule has 0 aliphatic carbocycles. The smallest absolute Gasteiger partial charge is 0.103 e. The predicted octanol–water partition coefficient (Wildman–Crippen LogP) is 4.10. The lowest BCUT2D eigenvalue weighted by molar-refractivity contribution is 0.0255. The molecule has 16 heavy (non-hydrogen) atoms. The lowest BCUT2D eigenvalue weighted by Crippen LogP contribution is -2.39. The average Bonchev–Trinajstić information content (AvgIpc) is 2.26. The van der Waals surface area contributed by atoms with Crippen molar-refractivity contribution in [3.8, 4) is 0 Å². The van der Waals surface area contributed by atoms with E-state index in [9.17, 15) is 5.11 Å². The Labute approximate surface area is 110 Å². The van der Waals surface area contributed by atoms with Crippen molar-refractivity contribution in [2.24, 2.45) is 0 Å². The molecule has 0 saturated carbocycles. The minimum absolute atomic E-state index is 0.150. The maximum Gasteiger partial charge on any atom is 0.103 e. The van der Waals surface area contributed by atoms with Crippen molar-refractivity contribution in [3.05, 3.63) is 33.8 Å². The van der Waals surface area contributed by atoms with Crippen molar-refractivity contribution in [1.82, 2.24) is 0 Å². The van der Waals surface area contributed by atoms with Crippen LogP contribution < -0.4 is 0 Å². The molecule has 0 aromatic heterocycles. The number of benzene rings is 1. The van der Waals surface area contributed by atoms with Crippen molar-refractivity contribution in [2.75, 3.05) is 5.75 Å². The minimum Gasteiger partial charge on any atom is -0.384 e. The van der Waals surface area contributed by atoms with Gasteiger partial charge in [-0.15, -0.1) is 0 Å². The van der Waals surface area contributed by atoms with Crippen molar-refractivity contribution in [2.45, 2.75) is 30.6 Å². The van der Waals surface area contributed by atoms with E-state index >= 15 is 0 Å². The van der Waals surface area contributed by atoms with Gasteiger partial charge in [-0.3, -0.25) is 0 Å². The zero-order valence-electron chi connectivity index (χ0n) is 9.04. The fraction of sp³-hybridized carbons (Fsp3) is 0.500.